The minimum absolute atomic E-state index is 0.134. The van der Waals surface area contributed by atoms with E-state index in [1.54, 1.807) is 38.2 Å². The van der Waals surface area contributed by atoms with Crippen LogP contribution in [-0.4, -0.2) is 43.5 Å². The van der Waals surface area contributed by atoms with E-state index in [1.807, 2.05) is 48.5 Å². The molecule has 7 heteroatoms. The number of carbonyl (C=O) groups excluding carboxylic acids is 2. The molecule has 0 spiro atoms. The molecule has 36 heavy (non-hydrogen) atoms. The number of benzene rings is 3. The number of amides is 2. The van der Waals surface area contributed by atoms with Crippen LogP contribution < -0.4 is 14.8 Å². The minimum atomic E-state index is -0.691. The average molecular weight is 493 g/mol. The standard InChI is InChI=1S/C29H33FN2O4/c1-21(29(34)31-18-17-23-11-15-26(35-2)27(19-23)36-3)32(20-24-9-13-25(30)14-10-24)28(33)16-12-22-7-5-4-6-8-22/h4-11,13-15,19,21H,12,16-18,20H2,1-3H3,(H,31,34)/t21-/m0/s1. The van der Waals surface area contributed by atoms with Gasteiger partial charge in [-0.3, -0.25) is 9.59 Å². The molecule has 0 saturated carbocycles. The van der Waals surface area contributed by atoms with Crippen molar-refractivity contribution in [2.45, 2.75) is 38.8 Å². The molecule has 0 saturated heterocycles. The predicted molar refractivity (Wildman–Crippen MR) is 137 cm³/mol. The molecule has 0 aliphatic carbocycles. The van der Waals surface area contributed by atoms with E-state index in [9.17, 15) is 14.0 Å². The number of hydrogen-bond donors (Lipinski definition) is 1. The predicted octanol–water partition coefficient (Wildman–Crippen LogP) is 4.55. The summed E-state index contributed by atoms with van der Waals surface area (Å²) >= 11 is 0. The minimum Gasteiger partial charge on any atom is -0.493 e. The molecule has 190 valence electrons. The summed E-state index contributed by atoms with van der Waals surface area (Å²) in [4.78, 5) is 27.8. The molecule has 0 fully saturated rings. The summed E-state index contributed by atoms with van der Waals surface area (Å²) in [6.07, 6.45) is 1.44. The molecule has 1 atom stereocenters. The van der Waals surface area contributed by atoms with E-state index in [4.69, 9.17) is 9.47 Å². The van der Waals surface area contributed by atoms with E-state index in [2.05, 4.69) is 5.32 Å². The van der Waals surface area contributed by atoms with E-state index in [-0.39, 0.29) is 30.6 Å². The van der Waals surface area contributed by atoms with Gasteiger partial charge in [0.25, 0.3) is 0 Å². The maximum atomic E-state index is 13.4. The van der Waals surface area contributed by atoms with Gasteiger partial charge in [0.1, 0.15) is 11.9 Å². The van der Waals surface area contributed by atoms with Crippen molar-refractivity contribution in [2.24, 2.45) is 0 Å². The Kier molecular flexibility index (Phi) is 9.86. The first-order chi connectivity index (χ1) is 17.4. The summed E-state index contributed by atoms with van der Waals surface area (Å²) in [6, 6.07) is 20.7. The second-order valence-electron chi connectivity index (χ2n) is 8.54. The van der Waals surface area contributed by atoms with Gasteiger partial charge in [0, 0.05) is 19.5 Å². The highest BCUT2D eigenvalue weighted by molar-refractivity contribution is 5.87. The molecule has 3 rings (SSSR count). The third-order valence-electron chi connectivity index (χ3n) is 6.06. The molecule has 0 radical (unpaired) electrons. The van der Waals surface area contributed by atoms with Gasteiger partial charge in [-0.1, -0.05) is 48.5 Å². The Morgan fingerprint density at radius 2 is 1.53 bits per heavy atom. The smallest absolute Gasteiger partial charge is 0.242 e. The van der Waals surface area contributed by atoms with Gasteiger partial charge in [-0.25, -0.2) is 4.39 Å². The number of nitrogens with one attached hydrogen (secondary N) is 1. The van der Waals surface area contributed by atoms with E-state index < -0.39 is 6.04 Å². The van der Waals surface area contributed by atoms with Gasteiger partial charge >= 0.3 is 0 Å². The second-order valence-corrected chi connectivity index (χ2v) is 8.54. The second kappa shape index (κ2) is 13.3. The van der Waals surface area contributed by atoms with Crippen molar-refractivity contribution in [1.82, 2.24) is 10.2 Å². The molecule has 3 aromatic carbocycles. The third kappa shape index (κ3) is 7.57. The maximum absolute atomic E-state index is 13.4. The Hall–Kier alpha value is -3.87. The van der Waals surface area contributed by atoms with Crippen LogP contribution in [0, 0.1) is 5.82 Å². The first kappa shape index (κ1) is 26.7. The van der Waals surface area contributed by atoms with Crippen molar-refractivity contribution in [2.75, 3.05) is 20.8 Å². The number of aryl methyl sites for hydroxylation is 1. The monoisotopic (exact) mass is 492 g/mol. The first-order valence-corrected chi connectivity index (χ1v) is 12.0. The van der Waals surface area contributed by atoms with E-state index in [0.717, 1.165) is 16.7 Å². The zero-order chi connectivity index (χ0) is 25.9. The fourth-order valence-corrected chi connectivity index (χ4v) is 3.92. The van der Waals surface area contributed by atoms with E-state index in [0.29, 0.717) is 30.9 Å². The lowest BCUT2D eigenvalue weighted by molar-refractivity contribution is -0.140. The first-order valence-electron chi connectivity index (χ1n) is 12.0. The Morgan fingerprint density at radius 1 is 0.861 bits per heavy atom. The van der Waals surface area contributed by atoms with Crippen molar-refractivity contribution >= 4 is 11.8 Å². The Morgan fingerprint density at radius 3 is 2.19 bits per heavy atom. The van der Waals surface area contributed by atoms with Gasteiger partial charge < -0.3 is 19.7 Å². The Bertz CT molecular complexity index is 1140. The lowest BCUT2D eigenvalue weighted by Gasteiger charge is -2.29. The zero-order valence-electron chi connectivity index (χ0n) is 21.0. The molecule has 3 aromatic rings. The number of methoxy groups -OCH3 is 2. The van der Waals surface area contributed by atoms with Crippen LogP contribution >= 0.6 is 0 Å². The van der Waals surface area contributed by atoms with Crippen molar-refractivity contribution in [3.8, 4) is 11.5 Å². The normalized spacial score (nSPS) is 11.4. The van der Waals surface area contributed by atoms with Crippen molar-refractivity contribution < 1.29 is 23.5 Å². The fraction of sp³-hybridized carbons (Fsp3) is 0.310. The SMILES string of the molecule is COc1ccc(CCNC(=O)[C@H](C)N(Cc2ccc(F)cc2)C(=O)CCc2ccccc2)cc1OC. The molecule has 0 unspecified atom stereocenters. The van der Waals surface area contributed by atoms with Gasteiger partial charge in [-0.15, -0.1) is 0 Å². The largest absolute Gasteiger partial charge is 0.493 e. The third-order valence-corrected chi connectivity index (χ3v) is 6.06. The molecule has 0 heterocycles. The van der Waals surface area contributed by atoms with Crippen molar-refractivity contribution in [3.63, 3.8) is 0 Å². The van der Waals surface area contributed by atoms with Gasteiger partial charge in [-0.05, 0) is 60.7 Å². The number of rotatable bonds is 12. The molecular formula is C29H33FN2O4. The number of halogens is 1. The van der Waals surface area contributed by atoms with Crippen LogP contribution in [0.15, 0.2) is 72.8 Å². The molecule has 1 N–H and O–H groups in total. The fourth-order valence-electron chi connectivity index (χ4n) is 3.92. The van der Waals surface area contributed by atoms with Crippen molar-refractivity contribution in [3.05, 3.63) is 95.3 Å². The summed E-state index contributed by atoms with van der Waals surface area (Å²) in [5.41, 5.74) is 2.80. The lowest BCUT2D eigenvalue weighted by Crippen LogP contribution is -2.48. The van der Waals surface area contributed by atoms with E-state index in [1.165, 1.54) is 12.1 Å². The number of nitrogens with zero attached hydrogens (tertiary/aromatic N) is 1. The zero-order valence-corrected chi connectivity index (χ0v) is 21.0. The highest BCUT2D eigenvalue weighted by Gasteiger charge is 2.25. The topological polar surface area (TPSA) is 67.9 Å². The van der Waals surface area contributed by atoms with Crippen LogP contribution in [0.2, 0.25) is 0 Å². The highest BCUT2D eigenvalue weighted by atomic mass is 19.1. The molecule has 0 bridgehead atoms. The summed E-state index contributed by atoms with van der Waals surface area (Å²) in [6.45, 7) is 2.34. The Balaban J connectivity index is 1.64. The molecule has 0 aliphatic heterocycles. The van der Waals surface area contributed by atoms with Crippen LogP contribution in [0.3, 0.4) is 0 Å². The molecule has 0 aromatic heterocycles. The van der Waals surface area contributed by atoms with E-state index >= 15 is 0 Å². The van der Waals surface area contributed by atoms with Crippen LogP contribution in [0.1, 0.15) is 30.0 Å². The number of carbonyl (C=O) groups is 2. The van der Waals surface area contributed by atoms with Gasteiger partial charge in [0.2, 0.25) is 11.8 Å². The highest BCUT2D eigenvalue weighted by Crippen LogP contribution is 2.27. The summed E-state index contributed by atoms with van der Waals surface area (Å²) in [5.74, 6) is 0.548. The molecule has 0 aliphatic rings. The quantitative estimate of drug-likeness (QED) is 0.403. The summed E-state index contributed by atoms with van der Waals surface area (Å²) in [7, 11) is 3.16. The Labute approximate surface area is 212 Å². The number of ether oxygens (including phenoxy) is 2. The van der Waals surface area contributed by atoms with Crippen molar-refractivity contribution in [1.29, 1.82) is 0 Å². The van der Waals surface area contributed by atoms with Crippen LogP contribution in [0.25, 0.3) is 0 Å². The molecule has 6 nitrogen and oxygen atoms in total. The average Bonchev–Trinajstić information content (AvgIpc) is 2.91. The van der Waals surface area contributed by atoms with Gasteiger partial charge in [0.15, 0.2) is 11.5 Å². The van der Waals surface area contributed by atoms with Crippen LogP contribution in [-0.2, 0) is 29.0 Å². The number of hydrogen-bond acceptors (Lipinski definition) is 4. The van der Waals surface area contributed by atoms with Gasteiger partial charge in [-0.2, -0.15) is 0 Å². The van der Waals surface area contributed by atoms with Crippen LogP contribution in [0.5, 0.6) is 11.5 Å². The maximum Gasteiger partial charge on any atom is 0.242 e. The lowest BCUT2D eigenvalue weighted by atomic mass is 10.1. The summed E-state index contributed by atoms with van der Waals surface area (Å²) < 4.78 is 24.0. The van der Waals surface area contributed by atoms with Gasteiger partial charge in [0.05, 0.1) is 14.2 Å². The summed E-state index contributed by atoms with van der Waals surface area (Å²) in [5, 5.41) is 2.94. The molecule has 2 amide bonds. The van der Waals surface area contributed by atoms with Crippen LogP contribution in [0.4, 0.5) is 4.39 Å². The molecular weight excluding hydrogens is 459 g/mol.